The van der Waals surface area contributed by atoms with Crippen molar-refractivity contribution in [1.82, 2.24) is 29.5 Å². The molecule has 0 saturated heterocycles. The number of hydrogen-bond donors (Lipinski definition) is 2. The lowest BCUT2D eigenvalue weighted by atomic mass is 10.1. The molecule has 0 fully saturated rings. The van der Waals surface area contributed by atoms with Gasteiger partial charge < -0.3 is 10.7 Å². The molecule has 142 valence electrons. The van der Waals surface area contributed by atoms with E-state index in [1.165, 1.54) is 12.1 Å². The van der Waals surface area contributed by atoms with Crippen molar-refractivity contribution in [2.75, 3.05) is 5.73 Å². The maximum absolute atomic E-state index is 13.3. The number of nitrogen functional groups attached to an aromatic ring is 1. The zero-order chi connectivity index (χ0) is 19.8. The van der Waals surface area contributed by atoms with Gasteiger partial charge in [0, 0.05) is 36.0 Å². The highest BCUT2D eigenvalue weighted by Gasteiger charge is 2.11. The molecule has 0 aliphatic heterocycles. The Morgan fingerprint density at radius 3 is 2.46 bits per heavy atom. The van der Waals surface area contributed by atoms with Gasteiger partial charge in [0.25, 0.3) is 0 Å². The lowest BCUT2D eigenvalue weighted by molar-refractivity contribution is 0.628. The summed E-state index contributed by atoms with van der Waals surface area (Å²) in [7, 11) is 1.82. The van der Waals surface area contributed by atoms with Crippen molar-refractivity contribution in [2.24, 2.45) is 7.05 Å². The molecular formula is C20H20FN7. The lowest BCUT2D eigenvalue weighted by Crippen LogP contribution is -2.01. The van der Waals surface area contributed by atoms with Crippen LogP contribution in [0.3, 0.4) is 0 Å². The first-order valence-corrected chi connectivity index (χ1v) is 8.77. The van der Waals surface area contributed by atoms with Gasteiger partial charge in [-0.1, -0.05) is 0 Å². The van der Waals surface area contributed by atoms with Gasteiger partial charge in [-0.05, 0) is 50.2 Å². The lowest BCUT2D eigenvalue weighted by Gasteiger charge is -2.01. The van der Waals surface area contributed by atoms with E-state index in [1.54, 1.807) is 33.8 Å². The van der Waals surface area contributed by atoms with Crippen LogP contribution in [-0.4, -0.2) is 29.5 Å². The summed E-state index contributed by atoms with van der Waals surface area (Å²) in [6.07, 6.45) is 1.69. The van der Waals surface area contributed by atoms with E-state index >= 15 is 0 Å². The highest BCUT2D eigenvalue weighted by molar-refractivity contribution is 5.90. The number of aryl methyl sites for hydroxylation is 3. The number of aromatic nitrogens is 6. The highest BCUT2D eigenvalue weighted by atomic mass is 19.1. The van der Waals surface area contributed by atoms with Crippen molar-refractivity contribution in [2.45, 2.75) is 13.8 Å². The molecule has 0 unspecified atom stereocenters. The second kappa shape index (κ2) is 6.80. The Hall–Kier alpha value is -3.68. The minimum absolute atomic E-state index is 0.292. The largest absolute Gasteiger partial charge is 0.385 e. The van der Waals surface area contributed by atoms with Gasteiger partial charge in [-0.2, -0.15) is 10.2 Å². The Bertz CT molecular complexity index is 1210. The van der Waals surface area contributed by atoms with E-state index in [0.717, 1.165) is 22.3 Å². The molecule has 0 atom stereocenters. The molecule has 3 heterocycles. The predicted octanol–water partition coefficient (Wildman–Crippen LogP) is 3.61. The van der Waals surface area contributed by atoms with Crippen molar-refractivity contribution >= 4 is 16.9 Å². The number of rotatable bonds is 2. The first-order valence-electron chi connectivity index (χ1n) is 8.77. The maximum Gasteiger partial charge on any atom is 0.157 e. The molecule has 0 spiro atoms. The molecule has 0 saturated carbocycles. The fourth-order valence-electron chi connectivity index (χ4n) is 3.18. The number of benzene rings is 1. The Labute approximate surface area is 161 Å². The number of H-pyrrole nitrogens is 1. The standard InChI is InChI=1S/C20H20FN7/c1-12-10-13(2)28(25-12)18-11-17(22)24-20-16(8-9-23-18)19(26-27(20)3)14-4-6-15(21)7-5-14/h4-11,24H,22H2,1-3H3. The topological polar surface area (TPSA) is 90.3 Å². The summed E-state index contributed by atoms with van der Waals surface area (Å²) in [5.41, 5.74) is 10.3. The van der Waals surface area contributed by atoms with Crippen LogP contribution in [0.2, 0.25) is 0 Å². The van der Waals surface area contributed by atoms with Gasteiger partial charge in [0.1, 0.15) is 23.0 Å². The average molecular weight is 377 g/mol. The van der Waals surface area contributed by atoms with E-state index in [9.17, 15) is 4.39 Å². The second-order valence-electron chi connectivity index (χ2n) is 6.61. The molecule has 1 aromatic carbocycles. The van der Waals surface area contributed by atoms with Crippen molar-refractivity contribution in [3.8, 4) is 17.1 Å². The summed E-state index contributed by atoms with van der Waals surface area (Å²) in [4.78, 5) is 7.73. The van der Waals surface area contributed by atoms with E-state index in [1.807, 2.05) is 33.0 Å². The molecule has 3 N–H and O–H groups in total. The zero-order valence-electron chi connectivity index (χ0n) is 15.8. The van der Waals surface area contributed by atoms with Gasteiger partial charge in [-0.25, -0.2) is 14.1 Å². The normalized spacial score (nSPS) is 11.0. The fourth-order valence-corrected chi connectivity index (χ4v) is 3.18. The average Bonchev–Trinajstić information content (AvgIpc) is 3.16. The van der Waals surface area contributed by atoms with Gasteiger partial charge in [-0.15, -0.1) is 0 Å². The quantitative estimate of drug-likeness (QED) is 0.558. The number of hydrogen-bond acceptors (Lipinski definition) is 4. The molecule has 4 aromatic rings. The summed E-state index contributed by atoms with van der Waals surface area (Å²) in [5.74, 6) is 0.709. The Balaban J connectivity index is 1.97. The third kappa shape index (κ3) is 3.20. The number of fused-ring (bicyclic) bond motifs is 1. The molecule has 0 radical (unpaired) electrons. The van der Waals surface area contributed by atoms with Crippen LogP contribution >= 0.6 is 0 Å². The van der Waals surface area contributed by atoms with Crippen molar-refractivity contribution < 1.29 is 4.39 Å². The third-order valence-corrected chi connectivity index (χ3v) is 4.42. The minimum Gasteiger partial charge on any atom is -0.385 e. The molecule has 0 bridgehead atoms. The molecule has 7 nitrogen and oxygen atoms in total. The number of nitrogens with two attached hydrogens (primary N) is 1. The van der Waals surface area contributed by atoms with Crippen LogP contribution in [-0.2, 0) is 7.05 Å². The van der Waals surface area contributed by atoms with E-state index < -0.39 is 0 Å². The zero-order valence-corrected chi connectivity index (χ0v) is 15.8. The first kappa shape index (κ1) is 17.7. The molecular weight excluding hydrogens is 357 g/mol. The minimum atomic E-state index is -0.292. The predicted molar refractivity (Wildman–Crippen MR) is 107 cm³/mol. The van der Waals surface area contributed by atoms with Gasteiger partial charge in [0.15, 0.2) is 5.82 Å². The molecule has 0 aliphatic rings. The second-order valence-corrected chi connectivity index (χ2v) is 6.61. The van der Waals surface area contributed by atoms with Gasteiger partial charge in [0.05, 0.1) is 5.69 Å². The maximum atomic E-state index is 13.3. The van der Waals surface area contributed by atoms with E-state index in [-0.39, 0.29) is 5.82 Å². The first-order chi connectivity index (χ1) is 13.4. The summed E-state index contributed by atoms with van der Waals surface area (Å²) >= 11 is 0. The van der Waals surface area contributed by atoms with E-state index in [4.69, 9.17) is 5.73 Å². The van der Waals surface area contributed by atoms with Crippen LogP contribution < -0.4 is 5.73 Å². The monoisotopic (exact) mass is 377 g/mol. The summed E-state index contributed by atoms with van der Waals surface area (Å²) in [6.45, 7) is 3.89. The van der Waals surface area contributed by atoms with Crippen LogP contribution in [0.1, 0.15) is 11.4 Å². The van der Waals surface area contributed by atoms with Crippen molar-refractivity contribution in [3.05, 3.63) is 65.9 Å². The van der Waals surface area contributed by atoms with Gasteiger partial charge >= 0.3 is 0 Å². The van der Waals surface area contributed by atoms with Crippen LogP contribution in [0, 0.1) is 19.7 Å². The van der Waals surface area contributed by atoms with Crippen LogP contribution in [0.15, 0.2) is 48.7 Å². The summed E-state index contributed by atoms with van der Waals surface area (Å²) in [5, 5.41) is 9.85. The number of aromatic amines is 1. The summed E-state index contributed by atoms with van der Waals surface area (Å²) in [6, 6.07) is 11.8. The van der Waals surface area contributed by atoms with E-state index in [0.29, 0.717) is 23.0 Å². The smallest absolute Gasteiger partial charge is 0.157 e. The van der Waals surface area contributed by atoms with Crippen LogP contribution in [0.4, 0.5) is 10.2 Å². The molecule has 3 aromatic heterocycles. The fraction of sp³-hybridized carbons (Fsp3) is 0.150. The number of halogens is 1. The third-order valence-electron chi connectivity index (χ3n) is 4.42. The van der Waals surface area contributed by atoms with E-state index in [2.05, 4.69) is 20.2 Å². The molecule has 0 aliphatic carbocycles. The summed E-state index contributed by atoms with van der Waals surface area (Å²) < 4.78 is 16.7. The highest BCUT2D eigenvalue weighted by Crippen LogP contribution is 2.26. The van der Waals surface area contributed by atoms with Crippen molar-refractivity contribution in [1.29, 1.82) is 0 Å². The SMILES string of the molecule is Cc1cc(C)n(-c2cc(N)[nH]c3c(ccn2)c(-c2ccc(F)cc2)nn3C)n1. The molecule has 28 heavy (non-hydrogen) atoms. The van der Waals surface area contributed by atoms with Crippen LogP contribution in [0.25, 0.3) is 28.1 Å². The molecule has 0 amide bonds. The van der Waals surface area contributed by atoms with Crippen LogP contribution in [0.5, 0.6) is 0 Å². The Kier molecular flexibility index (Phi) is 4.31. The number of anilines is 1. The Morgan fingerprint density at radius 2 is 1.79 bits per heavy atom. The molecule has 4 rings (SSSR count). The number of nitrogens with one attached hydrogen (secondary N) is 1. The van der Waals surface area contributed by atoms with Gasteiger partial charge in [0.2, 0.25) is 0 Å². The Morgan fingerprint density at radius 1 is 1.04 bits per heavy atom. The van der Waals surface area contributed by atoms with Gasteiger partial charge in [-0.3, -0.25) is 4.68 Å². The number of nitrogens with zero attached hydrogens (tertiary/aromatic N) is 5. The van der Waals surface area contributed by atoms with Crippen molar-refractivity contribution in [3.63, 3.8) is 0 Å². The molecule has 8 heteroatoms.